The van der Waals surface area contributed by atoms with E-state index < -0.39 is 17.3 Å². The van der Waals surface area contributed by atoms with Gasteiger partial charge in [-0.3, -0.25) is 9.59 Å². The lowest BCUT2D eigenvalue weighted by Gasteiger charge is -2.11. The number of aromatic nitrogens is 4. The van der Waals surface area contributed by atoms with Crippen molar-refractivity contribution in [3.63, 3.8) is 0 Å². The number of nitrogens with one attached hydrogen (secondary N) is 1. The van der Waals surface area contributed by atoms with E-state index in [1.54, 1.807) is 25.2 Å². The Morgan fingerprint density at radius 1 is 1.38 bits per heavy atom. The first-order chi connectivity index (χ1) is 10.0. The van der Waals surface area contributed by atoms with E-state index in [1.165, 1.54) is 4.68 Å². The first kappa shape index (κ1) is 13.2. The zero-order valence-electron chi connectivity index (χ0n) is 11.3. The highest BCUT2D eigenvalue weighted by atomic mass is 16.4. The topological polar surface area (TPSA) is 110 Å². The average Bonchev–Trinajstić information content (AvgIpc) is 3.17. The molecule has 8 nitrogen and oxygen atoms in total. The van der Waals surface area contributed by atoms with Crippen LogP contribution in [0.25, 0.3) is 11.4 Å². The van der Waals surface area contributed by atoms with E-state index in [-0.39, 0.29) is 0 Å². The molecule has 1 aromatic heterocycles. The summed E-state index contributed by atoms with van der Waals surface area (Å²) in [5.74, 6) is -0.998. The van der Waals surface area contributed by atoms with Gasteiger partial charge in [-0.15, -0.1) is 5.10 Å². The van der Waals surface area contributed by atoms with E-state index in [9.17, 15) is 9.59 Å². The monoisotopic (exact) mass is 287 g/mol. The minimum absolute atomic E-state index is 0.376. The van der Waals surface area contributed by atoms with E-state index in [2.05, 4.69) is 20.8 Å². The molecule has 1 aromatic carbocycles. The van der Waals surface area contributed by atoms with Gasteiger partial charge in [0.1, 0.15) is 5.41 Å². The molecule has 0 radical (unpaired) electrons. The van der Waals surface area contributed by atoms with Crippen molar-refractivity contribution in [1.82, 2.24) is 20.2 Å². The number of hydrogen-bond donors (Lipinski definition) is 2. The molecule has 8 heteroatoms. The summed E-state index contributed by atoms with van der Waals surface area (Å²) in [6, 6.07) is 6.97. The predicted octanol–water partition coefficient (Wildman–Crippen LogP) is 0.680. The summed E-state index contributed by atoms with van der Waals surface area (Å²) >= 11 is 0. The van der Waals surface area contributed by atoms with Gasteiger partial charge in [-0.05, 0) is 35.4 Å². The summed E-state index contributed by atoms with van der Waals surface area (Å²) in [6.45, 7) is 0. The minimum atomic E-state index is -1.26. The van der Waals surface area contributed by atoms with E-state index in [0.717, 1.165) is 5.56 Å². The van der Waals surface area contributed by atoms with Crippen LogP contribution in [0.3, 0.4) is 0 Å². The third kappa shape index (κ3) is 2.24. The first-order valence-corrected chi connectivity index (χ1v) is 6.40. The van der Waals surface area contributed by atoms with E-state index in [4.69, 9.17) is 5.11 Å². The Kier molecular flexibility index (Phi) is 2.93. The molecule has 108 valence electrons. The van der Waals surface area contributed by atoms with Gasteiger partial charge in [0.05, 0.1) is 0 Å². The molecular weight excluding hydrogens is 274 g/mol. The Balaban J connectivity index is 1.83. The summed E-state index contributed by atoms with van der Waals surface area (Å²) in [6.07, 6.45) is 0.752. The van der Waals surface area contributed by atoms with Gasteiger partial charge < -0.3 is 10.4 Å². The van der Waals surface area contributed by atoms with Crippen molar-refractivity contribution in [2.45, 2.75) is 12.8 Å². The van der Waals surface area contributed by atoms with Crippen molar-refractivity contribution in [2.24, 2.45) is 12.5 Å². The fourth-order valence-corrected chi connectivity index (χ4v) is 2.12. The molecule has 0 atom stereocenters. The van der Waals surface area contributed by atoms with Gasteiger partial charge in [-0.25, -0.2) is 4.68 Å². The van der Waals surface area contributed by atoms with Gasteiger partial charge >= 0.3 is 5.97 Å². The molecule has 1 aliphatic carbocycles. The smallest absolute Gasteiger partial charge is 0.319 e. The van der Waals surface area contributed by atoms with Gasteiger partial charge in [-0.1, -0.05) is 12.1 Å². The van der Waals surface area contributed by atoms with E-state index >= 15 is 0 Å². The van der Waals surface area contributed by atoms with Crippen LogP contribution in [-0.2, 0) is 16.6 Å². The molecule has 1 aliphatic rings. The summed E-state index contributed by atoms with van der Waals surface area (Å²) in [5.41, 5.74) is -0.00370. The zero-order valence-corrected chi connectivity index (χ0v) is 11.3. The quantitative estimate of drug-likeness (QED) is 0.800. The van der Waals surface area contributed by atoms with Crippen molar-refractivity contribution < 1.29 is 14.7 Å². The number of carbonyl (C=O) groups is 2. The van der Waals surface area contributed by atoms with Crippen LogP contribution in [-0.4, -0.2) is 37.2 Å². The number of carboxylic acid groups (broad SMARTS) is 1. The van der Waals surface area contributed by atoms with Crippen molar-refractivity contribution in [2.75, 3.05) is 5.32 Å². The Hall–Kier alpha value is -2.77. The van der Waals surface area contributed by atoms with Gasteiger partial charge in [0.25, 0.3) is 0 Å². The Morgan fingerprint density at radius 3 is 2.71 bits per heavy atom. The van der Waals surface area contributed by atoms with E-state index in [1.807, 2.05) is 6.07 Å². The van der Waals surface area contributed by atoms with Gasteiger partial charge in [0.15, 0.2) is 5.82 Å². The minimum Gasteiger partial charge on any atom is -0.480 e. The second-order valence-electron chi connectivity index (χ2n) is 5.05. The molecule has 1 amide bonds. The first-order valence-electron chi connectivity index (χ1n) is 6.40. The molecule has 0 aliphatic heterocycles. The molecule has 0 spiro atoms. The molecule has 3 rings (SSSR count). The Bertz CT molecular complexity index is 720. The number of tetrazole rings is 1. The molecule has 1 saturated carbocycles. The van der Waals surface area contributed by atoms with Crippen molar-refractivity contribution in [3.8, 4) is 11.4 Å². The van der Waals surface area contributed by atoms with Crippen LogP contribution in [0.2, 0.25) is 0 Å². The predicted molar refractivity (Wildman–Crippen MR) is 72.2 cm³/mol. The molecule has 0 saturated heterocycles. The van der Waals surface area contributed by atoms with Crippen molar-refractivity contribution in [3.05, 3.63) is 24.3 Å². The van der Waals surface area contributed by atoms with Crippen molar-refractivity contribution >= 4 is 17.6 Å². The number of benzene rings is 1. The maximum atomic E-state index is 12.1. The fraction of sp³-hybridized carbons (Fsp3) is 0.308. The highest BCUT2D eigenvalue weighted by Gasteiger charge is 2.57. The van der Waals surface area contributed by atoms with Crippen LogP contribution < -0.4 is 5.32 Å². The second kappa shape index (κ2) is 4.65. The summed E-state index contributed by atoms with van der Waals surface area (Å²) in [4.78, 5) is 23.2. The van der Waals surface area contributed by atoms with Crippen LogP contribution in [0.4, 0.5) is 5.69 Å². The number of rotatable bonds is 4. The maximum Gasteiger partial charge on any atom is 0.319 e. The number of aryl methyl sites for hydroxylation is 1. The third-order valence-electron chi connectivity index (χ3n) is 3.59. The van der Waals surface area contributed by atoms with E-state index in [0.29, 0.717) is 24.4 Å². The number of carboxylic acids is 1. The summed E-state index contributed by atoms with van der Waals surface area (Å²) in [7, 11) is 1.71. The lowest BCUT2D eigenvalue weighted by molar-refractivity contribution is -0.147. The average molecular weight is 287 g/mol. The standard InChI is InChI=1S/C13H13N5O3/c1-18-10(15-16-17-18)8-3-2-4-9(7-8)14-11(19)13(5-6-13)12(20)21/h2-4,7H,5-6H2,1H3,(H,14,19)(H,20,21). The SMILES string of the molecule is Cn1nnnc1-c1cccc(NC(=O)C2(C(=O)O)CC2)c1. The Labute approximate surface area is 119 Å². The normalized spacial score (nSPS) is 15.5. The fourth-order valence-electron chi connectivity index (χ4n) is 2.12. The van der Waals surface area contributed by atoms with Gasteiger partial charge in [0.2, 0.25) is 5.91 Å². The summed E-state index contributed by atoms with van der Waals surface area (Å²) < 4.78 is 1.51. The number of carbonyl (C=O) groups excluding carboxylic acids is 1. The molecule has 1 heterocycles. The second-order valence-corrected chi connectivity index (χ2v) is 5.05. The largest absolute Gasteiger partial charge is 0.480 e. The summed E-state index contributed by atoms with van der Waals surface area (Å²) in [5, 5.41) is 22.9. The highest BCUT2D eigenvalue weighted by molar-refractivity contribution is 6.10. The van der Waals surface area contributed by atoms with Crippen molar-refractivity contribution in [1.29, 1.82) is 0 Å². The number of hydrogen-bond acceptors (Lipinski definition) is 5. The van der Waals surface area contributed by atoms with Gasteiger partial charge in [0, 0.05) is 18.3 Å². The van der Waals surface area contributed by atoms with Crippen LogP contribution >= 0.6 is 0 Å². The lowest BCUT2D eigenvalue weighted by atomic mass is 10.1. The molecule has 1 fully saturated rings. The molecule has 2 N–H and O–H groups in total. The number of anilines is 1. The Morgan fingerprint density at radius 2 is 2.14 bits per heavy atom. The molecule has 21 heavy (non-hydrogen) atoms. The molecule has 2 aromatic rings. The molecule has 0 bridgehead atoms. The number of amides is 1. The molecular formula is C13H13N5O3. The molecule has 0 unspecified atom stereocenters. The third-order valence-corrected chi connectivity index (χ3v) is 3.59. The van der Waals surface area contributed by atoms with Crippen LogP contribution in [0.15, 0.2) is 24.3 Å². The van der Waals surface area contributed by atoms with Crippen LogP contribution in [0.5, 0.6) is 0 Å². The number of aliphatic carboxylic acids is 1. The number of nitrogens with zero attached hydrogens (tertiary/aromatic N) is 4. The van der Waals surface area contributed by atoms with Crippen LogP contribution in [0, 0.1) is 5.41 Å². The highest BCUT2D eigenvalue weighted by Crippen LogP contribution is 2.46. The van der Waals surface area contributed by atoms with Gasteiger partial charge in [-0.2, -0.15) is 0 Å². The zero-order chi connectivity index (χ0) is 15.0. The van der Waals surface area contributed by atoms with Crippen LogP contribution in [0.1, 0.15) is 12.8 Å². The lowest BCUT2D eigenvalue weighted by Crippen LogP contribution is -2.31. The maximum absolute atomic E-state index is 12.1.